The van der Waals surface area contributed by atoms with Gasteiger partial charge in [-0.3, -0.25) is 4.79 Å². The van der Waals surface area contributed by atoms with Gasteiger partial charge >= 0.3 is 5.97 Å². The summed E-state index contributed by atoms with van der Waals surface area (Å²) < 4.78 is 5.01. The van der Waals surface area contributed by atoms with Crippen molar-refractivity contribution < 1.29 is 19.2 Å². The molecule has 1 amide bonds. The van der Waals surface area contributed by atoms with Gasteiger partial charge in [-0.15, -0.1) is 0 Å². The molecular formula is C26H30N4O4. The van der Waals surface area contributed by atoms with Crippen LogP contribution in [0.2, 0.25) is 0 Å². The molecular weight excluding hydrogens is 432 g/mol. The highest BCUT2D eigenvalue weighted by Gasteiger charge is 2.25. The first-order valence-corrected chi connectivity index (χ1v) is 11.7. The topological polar surface area (TPSA) is 117 Å². The van der Waals surface area contributed by atoms with Crippen LogP contribution in [0.3, 0.4) is 0 Å². The monoisotopic (exact) mass is 462 g/mol. The lowest BCUT2D eigenvalue weighted by Gasteiger charge is -2.17. The van der Waals surface area contributed by atoms with Crippen molar-refractivity contribution in [2.45, 2.75) is 58.4 Å². The summed E-state index contributed by atoms with van der Waals surface area (Å²) in [6.45, 7) is 4.27. The second-order valence-corrected chi connectivity index (χ2v) is 8.78. The van der Waals surface area contributed by atoms with Gasteiger partial charge in [-0.05, 0) is 68.7 Å². The third-order valence-electron chi connectivity index (χ3n) is 6.18. The second-order valence-electron chi connectivity index (χ2n) is 8.78. The van der Waals surface area contributed by atoms with Gasteiger partial charge in [-0.2, -0.15) is 0 Å². The number of benzene rings is 1. The Morgan fingerprint density at radius 1 is 1.12 bits per heavy atom. The molecule has 0 unspecified atom stereocenters. The molecule has 1 aliphatic heterocycles. The Hall–Kier alpha value is -3.68. The number of amides is 1. The van der Waals surface area contributed by atoms with E-state index in [0.717, 1.165) is 55.7 Å². The molecule has 0 saturated carbocycles. The third kappa shape index (κ3) is 5.62. The number of carboxylic acid groups (broad SMARTS) is 1. The summed E-state index contributed by atoms with van der Waals surface area (Å²) in [5, 5.41) is 19.3. The molecule has 4 rings (SSSR count). The SMILES string of the molecule is Cc1noc(C)c1C(=O)N[C@@H](Cc1ccc(CCCc2ccc3c(n2)NCCC3)cc1)C(=O)O. The standard InChI is InChI=1S/C26H30N4O4/c1-16-23(17(2)34-30-16)25(31)29-22(26(32)33)15-19-10-8-18(9-11-19)5-3-7-21-13-12-20-6-4-14-27-24(20)28-21/h8-13,22H,3-7,14-15H2,1-2H3,(H,27,28)(H,29,31)(H,32,33)/t22-/m0/s1. The Morgan fingerprint density at radius 2 is 1.88 bits per heavy atom. The maximum absolute atomic E-state index is 12.5. The number of carboxylic acids is 1. The molecule has 1 aromatic carbocycles. The normalized spacial score (nSPS) is 13.6. The average Bonchev–Trinajstić information content (AvgIpc) is 3.17. The second kappa shape index (κ2) is 10.5. The molecule has 1 aliphatic rings. The number of pyridine rings is 1. The van der Waals surface area contributed by atoms with E-state index < -0.39 is 17.9 Å². The van der Waals surface area contributed by atoms with Gasteiger partial charge in [-0.1, -0.05) is 35.5 Å². The molecule has 8 nitrogen and oxygen atoms in total. The van der Waals surface area contributed by atoms with E-state index in [1.54, 1.807) is 13.8 Å². The smallest absolute Gasteiger partial charge is 0.326 e. The van der Waals surface area contributed by atoms with E-state index in [0.29, 0.717) is 11.5 Å². The Kier molecular flexibility index (Phi) is 7.25. The molecule has 34 heavy (non-hydrogen) atoms. The van der Waals surface area contributed by atoms with E-state index in [1.807, 2.05) is 24.3 Å². The number of carbonyl (C=O) groups is 2. The Balaban J connectivity index is 1.30. The molecule has 8 heteroatoms. The molecule has 178 valence electrons. The molecule has 2 aromatic heterocycles. The van der Waals surface area contributed by atoms with Gasteiger partial charge in [0.15, 0.2) is 0 Å². The largest absolute Gasteiger partial charge is 0.480 e. The summed E-state index contributed by atoms with van der Waals surface area (Å²) in [7, 11) is 0. The minimum absolute atomic E-state index is 0.191. The number of hydrogen-bond donors (Lipinski definition) is 3. The number of hydrogen-bond acceptors (Lipinski definition) is 6. The van der Waals surface area contributed by atoms with Crippen molar-refractivity contribution in [2.75, 3.05) is 11.9 Å². The number of rotatable bonds is 9. The minimum atomic E-state index is -1.09. The molecule has 0 spiro atoms. The van der Waals surface area contributed by atoms with E-state index in [2.05, 4.69) is 27.9 Å². The van der Waals surface area contributed by atoms with E-state index in [4.69, 9.17) is 9.51 Å². The Labute approximate surface area is 198 Å². The van der Waals surface area contributed by atoms with Gasteiger partial charge in [0.2, 0.25) is 0 Å². The van der Waals surface area contributed by atoms with Crippen molar-refractivity contribution in [3.05, 3.63) is 75.8 Å². The summed E-state index contributed by atoms with van der Waals surface area (Å²) in [5.74, 6) is -0.185. The van der Waals surface area contributed by atoms with Crippen LogP contribution in [0.15, 0.2) is 40.9 Å². The van der Waals surface area contributed by atoms with Crippen molar-refractivity contribution in [3.63, 3.8) is 0 Å². The first-order valence-electron chi connectivity index (χ1n) is 11.7. The van der Waals surface area contributed by atoms with Crippen LogP contribution in [0.1, 0.15) is 57.0 Å². The number of aryl methyl sites for hydroxylation is 5. The highest BCUT2D eigenvalue weighted by atomic mass is 16.5. The quantitative estimate of drug-likeness (QED) is 0.444. The number of anilines is 1. The summed E-state index contributed by atoms with van der Waals surface area (Å²) in [6.07, 6.45) is 5.25. The van der Waals surface area contributed by atoms with E-state index in [-0.39, 0.29) is 12.0 Å². The number of nitrogens with one attached hydrogen (secondary N) is 2. The van der Waals surface area contributed by atoms with Gasteiger partial charge in [-0.25, -0.2) is 9.78 Å². The highest BCUT2D eigenvalue weighted by Crippen LogP contribution is 2.20. The van der Waals surface area contributed by atoms with Gasteiger partial charge in [0.05, 0.1) is 5.69 Å². The Bertz CT molecular complexity index is 1150. The van der Waals surface area contributed by atoms with Gasteiger partial charge in [0.25, 0.3) is 5.91 Å². The zero-order valence-corrected chi connectivity index (χ0v) is 19.6. The zero-order valence-electron chi connectivity index (χ0n) is 19.6. The maximum atomic E-state index is 12.5. The first-order chi connectivity index (χ1) is 16.4. The zero-order chi connectivity index (χ0) is 24.1. The molecule has 0 fully saturated rings. The van der Waals surface area contributed by atoms with Crippen molar-refractivity contribution >= 4 is 17.7 Å². The molecule has 3 N–H and O–H groups in total. The maximum Gasteiger partial charge on any atom is 0.326 e. The summed E-state index contributed by atoms with van der Waals surface area (Å²) in [5.41, 5.74) is 5.15. The molecule has 0 radical (unpaired) electrons. The summed E-state index contributed by atoms with van der Waals surface area (Å²) >= 11 is 0. The van der Waals surface area contributed by atoms with Crippen LogP contribution in [0.25, 0.3) is 0 Å². The molecule has 3 aromatic rings. The average molecular weight is 463 g/mol. The number of fused-ring (bicyclic) bond motifs is 1. The fourth-order valence-electron chi connectivity index (χ4n) is 4.30. The minimum Gasteiger partial charge on any atom is -0.480 e. The number of carbonyl (C=O) groups excluding carboxylic acids is 1. The highest BCUT2D eigenvalue weighted by molar-refractivity contribution is 5.98. The third-order valence-corrected chi connectivity index (χ3v) is 6.18. The van der Waals surface area contributed by atoms with Crippen LogP contribution >= 0.6 is 0 Å². The number of aliphatic carboxylic acids is 1. The van der Waals surface area contributed by atoms with E-state index in [1.165, 1.54) is 11.1 Å². The molecule has 0 aliphatic carbocycles. The van der Waals surface area contributed by atoms with Gasteiger partial charge in [0, 0.05) is 18.7 Å². The lowest BCUT2D eigenvalue weighted by molar-refractivity contribution is -0.139. The fourth-order valence-corrected chi connectivity index (χ4v) is 4.30. The summed E-state index contributed by atoms with van der Waals surface area (Å²) in [4.78, 5) is 29.0. The Morgan fingerprint density at radius 3 is 2.59 bits per heavy atom. The summed E-state index contributed by atoms with van der Waals surface area (Å²) in [6, 6.07) is 11.1. The van der Waals surface area contributed by atoms with Crippen molar-refractivity contribution in [3.8, 4) is 0 Å². The van der Waals surface area contributed by atoms with E-state index in [9.17, 15) is 14.7 Å². The van der Waals surface area contributed by atoms with Crippen LogP contribution in [-0.4, -0.2) is 39.7 Å². The molecule has 0 saturated heterocycles. The fraction of sp³-hybridized carbons (Fsp3) is 0.385. The van der Waals surface area contributed by atoms with Crippen molar-refractivity contribution in [1.82, 2.24) is 15.5 Å². The molecule has 0 bridgehead atoms. The van der Waals surface area contributed by atoms with Crippen LogP contribution in [0.4, 0.5) is 5.82 Å². The molecule has 3 heterocycles. The molecule has 1 atom stereocenters. The predicted octanol–water partition coefficient (Wildman–Crippen LogP) is 3.65. The first kappa shape index (κ1) is 23.5. The predicted molar refractivity (Wildman–Crippen MR) is 128 cm³/mol. The van der Waals surface area contributed by atoms with Crippen molar-refractivity contribution in [2.24, 2.45) is 0 Å². The van der Waals surface area contributed by atoms with Crippen molar-refractivity contribution in [1.29, 1.82) is 0 Å². The lowest BCUT2D eigenvalue weighted by Crippen LogP contribution is -2.42. The lowest BCUT2D eigenvalue weighted by atomic mass is 10.0. The van der Waals surface area contributed by atoms with Crippen LogP contribution in [-0.2, 0) is 30.5 Å². The van der Waals surface area contributed by atoms with Gasteiger partial charge < -0.3 is 20.3 Å². The van der Waals surface area contributed by atoms with Crippen LogP contribution in [0, 0.1) is 13.8 Å². The van der Waals surface area contributed by atoms with Crippen LogP contribution < -0.4 is 10.6 Å². The number of nitrogens with zero attached hydrogens (tertiary/aromatic N) is 2. The van der Waals surface area contributed by atoms with Crippen LogP contribution in [0.5, 0.6) is 0 Å². The van der Waals surface area contributed by atoms with E-state index >= 15 is 0 Å². The van der Waals surface area contributed by atoms with Gasteiger partial charge in [0.1, 0.15) is 23.2 Å². The number of aromatic nitrogens is 2.